The molecule has 5 unspecified atom stereocenters. The van der Waals surface area contributed by atoms with E-state index in [2.05, 4.69) is 61.7 Å². The summed E-state index contributed by atoms with van der Waals surface area (Å²) in [7, 11) is 3.80. The molecule has 0 aliphatic carbocycles. The molecule has 10 amide bonds. The molecule has 1 aliphatic heterocycles. The summed E-state index contributed by atoms with van der Waals surface area (Å²) in [5.74, 6) is -5.40. The van der Waals surface area contributed by atoms with Crippen molar-refractivity contribution in [3.63, 3.8) is 0 Å². The Hall–Kier alpha value is -5.34. The second-order valence-electron chi connectivity index (χ2n) is 27.5. The molecule has 1 saturated heterocycles. The third kappa shape index (κ3) is 31.5. The summed E-state index contributed by atoms with van der Waals surface area (Å²) < 4.78 is 0. The lowest BCUT2D eigenvalue weighted by Crippen LogP contribution is -2.65. The second-order valence-corrected chi connectivity index (χ2v) is 27.5. The molecule has 0 bridgehead atoms. The highest BCUT2D eigenvalue weighted by atomic mass is 16.2. The van der Waals surface area contributed by atoms with Crippen LogP contribution in [0.5, 0.6) is 0 Å². The Kier molecular flexibility index (Phi) is 36.8. The Bertz CT molecular complexity index is 2130. The molecule has 1 fully saturated rings. The average molecular weight is 1220 g/mol. The van der Waals surface area contributed by atoms with Crippen molar-refractivity contribution in [1.29, 1.82) is 0 Å². The minimum absolute atomic E-state index is 0.0316. The van der Waals surface area contributed by atoms with Crippen LogP contribution in [0.2, 0.25) is 0 Å². The fourth-order valence-electron chi connectivity index (χ4n) is 10.6. The van der Waals surface area contributed by atoms with E-state index in [9.17, 15) is 47.9 Å². The first-order chi connectivity index (χ1) is 40.2. The number of likely N-dealkylation sites (N-methyl/N-ethyl adjacent to an activating group) is 1. The standard InChI is InChI=1S/C65H121N11O10/c1-18-20-22-24-26-27-28-30-32-36-54(78)76-39-33-35-52(76)59(83)68-48(34-31-29-25-23-21-19-2)55(79)69-50(41-45(5)6)57(81)72-64(12,13)61(85)71-49(40-44(3)4)56(80)70-51(42-46(7)8)58(82)73-65(14,15)62(86)74-63(10,11)60(84)66-38-37-53(77)67-47(9)43-75(16)17/h44-52H,18-43H2,1-17H3,(H,66,84)(H,67,77)(H,68,83)(H,69,79)(H,70,80)(H,71,85)(H,72,81)(H,73,82)(H,74,86)/t47?,48?,49?,50?,51?,52-/m0/s1. The van der Waals surface area contributed by atoms with Crippen molar-refractivity contribution in [3.05, 3.63) is 0 Å². The van der Waals surface area contributed by atoms with Gasteiger partial charge < -0.3 is 57.7 Å². The number of carbonyl (C=O) groups is 10. The van der Waals surface area contributed by atoms with Crippen LogP contribution in [0.4, 0.5) is 0 Å². The van der Waals surface area contributed by atoms with E-state index in [4.69, 9.17) is 0 Å². The lowest BCUT2D eigenvalue weighted by molar-refractivity contribution is -0.140. The van der Waals surface area contributed by atoms with E-state index in [1.807, 2.05) is 67.5 Å². The molecule has 0 aromatic rings. The molecule has 0 aromatic carbocycles. The molecule has 9 N–H and O–H groups in total. The average Bonchev–Trinajstić information content (AvgIpc) is 1.85. The van der Waals surface area contributed by atoms with Gasteiger partial charge in [-0.2, -0.15) is 0 Å². The molecule has 0 aromatic heterocycles. The van der Waals surface area contributed by atoms with Gasteiger partial charge in [0.15, 0.2) is 0 Å². The Labute approximate surface area is 518 Å². The maximum atomic E-state index is 14.4. The minimum Gasteiger partial charge on any atom is -0.354 e. The maximum absolute atomic E-state index is 14.4. The zero-order valence-electron chi connectivity index (χ0n) is 56.6. The predicted octanol–water partition coefficient (Wildman–Crippen LogP) is 6.98. The van der Waals surface area contributed by atoms with Crippen LogP contribution in [-0.4, -0.2) is 155 Å². The minimum atomic E-state index is -1.62. The molecule has 0 radical (unpaired) electrons. The van der Waals surface area contributed by atoms with Gasteiger partial charge in [-0.3, -0.25) is 47.9 Å². The van der Waals surface area contributed by atoms with Crippen LogP contribution in [0.3, 0.4) is 0 Å². The summed E-state index contributed by atoms with van der Waals surface area (Å²) in [6.07, 6.45) is 18.4. The Morgan fingerprint density at radius 2 is 0.907 bits per heavy atom. The quantitative estimate of drug-likeness (QED) is 0.0281. The van der Waals surface area contributed by atoms with Gasteiger partial charge in [0.25, 0.3) is 0 Å². The van der Waals surface area contributed by atoms with E-state index in [1.54, 1.807) is 4.90 Å². The highest BCUT2D eigenvalue weighted by Gasteiger charge is 2.41. The zero-order chi connectivity index (χ0) is 65.4. The van der Waals surface area contributed by atoms with E-state index >= 15 is 0 Å². The third-order valence-corrected chi connectivity index (χ3v) is 15.5. The lowest BCUT2D eigenvalue weighted by atomic mass is 9.96. The third-order valence-electron chi connectivity index (χ3n) is 15.5. The molecule has 21 nitrogen and oxygen atoms in total. The first kappa shape index (κ1) is 78.7. The molecular formula is C65H121N11O10. The van der Waals surface area contributed by atoms with Crippen molar-refractivity contribution in [2.24, 2.45) is 17.8 Å². The highest BCUT2D eigenvalue weighted by Crippen LogP contribution is 2.22. The van der Waals surface area contributed by atoms with Gasteiger partial charge in [0.2, 0.25) is 59.1 Å². The van der Waals surface area contributed by atoms with E-state index < -0.39 is 88.2 Å². The van der Waals surface area contributed by atoms with Crippen molar-refractivity contribution in [2.75, 3.05) is 33.7 Å². The van der Waals surface area contributed by atoms with Crippen LogP contribution < -0.4 is 47.9 Å². The summed E-state index contributed by atoms with van der Waals surface area (Å²) >= 11 is 0. The van der Waals surface area contributed by atoms with Crippen molar-refractivity contribution < 1.29 is 47.9 Å². The van der Waals surface area contributed by atoms with Gasteiger partial charge in [0.1, 0.15) is 46.8 Å². The topological polar surface area (TPSA) is 285 Å². The smallest absolute Gasteiger partial charge is 0.246 e. The first-order valence-electron chi connectivity index (χ1n) is 32.9. The van der Waals surface area contributed by atoms with Gasteiger partial charge in [0, 0.05) is 38.5 Å². The molecule has 1 rings (SSSR count). The van der Waals surface area contributed by atoms with Gasteiger partial charge in [-0.1, -0.05) is 145 Å². The van der Waals surface area contributed by atoms with Gasteiger partial charge in [-0.15, -0.1) is 0 Å². The van der Waals surface area contributed by atoms with Crippen molar-refractivity contribution in [3.8, 4) is 0 Å². The van der Waals surface area contributed by atoms with Gasteiger partial charge in [0.05, 0.1) is 0 Å². The number of rotatable bonds is 44. The molecule has 496 valence electrons. The molecule has 1 aliphatic rings. The number of nitrogens with one attached hydrogen (secondary N) is 9. The van der Waals surface area contributed by atoms with Crippen LogP contribution >= 0.6 is 0 Å². The number of nitrogens with zero attached hydrogens (tertiary/aromatic N) is 2. The predicted molar refractivity (Wildman–Crippen MR) is 341 cm³/mol. The fourth-order valence-corrected chi connectivity index (χ4v) is 10.6. The SMILES string of the molecule is CCCCCCCCCCCC(=O)N1CCC[C@H]1C(=O)NC(CCCCCCCC)C(=O)NC(CC(C)C)C(=O)NC(C)(C)C(=O)NC(CC(C)C)C(=O)NC(CC(C)C)C(=O)NC(C)(C)C(=O)NC(C)(C)C(=O)NCCC(=O)NC(C)CN(C)C. The second kappa shape index (κ2) is 40.3. The summed E-state index contributed by atoms with van der Waals surface area (Å²) in [5, 5.41) is 25.3. The summed E-state index contributed by atoms with van der Waals surface area (Å²) in [5.41, 5.74) is -4.65. The normalized spacial score (nSPS) is 15.5. The number of amides is 10. The van der Waals surface area contributed by atoms with Crippen LogP contribution in [0, 0.1) is 17.8 Å². The monoisotopic (exact) mass is 1220 g/mol. The molecule has 0 saturated carbocycles. The Morgan fingerprint density at radius 1 is 0.477 bits per heavy atom. The van der Waals surface area contributed by atoms with Gasteiger partial charge in [-0.05, 0) is 125 Å². The van der Waals surface area contributed by atoms with Crippen molar-refractivity contribution >= 4 is 59.1 Å². The van der Waals surface area contributed by atoms with Crippen LogP contribution in [0.15, 0.2) is 0 Å². The Balaban J connectivity index is 3.22. The Morgan fingerprint density at radius 3 is 1.38 bits per heavy atom. The number of carbonyl (C=O) groups excluding carboxylic acids is 10. The number of hydrogen-bond donors (Lipinski definition) is 9. The molecule has 21 heteroatoms. The molecule has 6 atom stereocenters. The number of hydrogen-bond acceptors (Lipinski definition) is 11. The summed E-state index contributed by atoms with van der Waals surface area (Å²) in [6, 6.07) is -5.18. The largest absolute Gasteiger partial charge is 0.354 e. The number of unbranched alkanes of at least 4 members (excludes halogenated alkanes) is 13. The molecule has 0 spiro atoms. The highest BCUT2D eigenvalue weighted by molar-refractivity contribution is 6.00. The summed E-state index contributed by atoms with van der Waals surface area (Å²) in [6.45, 7) is 27.6. The lowest BCUT2D eigenvalue weighted by Gasteiger charge is -2.34. The molecule has 86 heavy (non-hydrogen) atoms. The van der Waals surface area contributed by atoms with E-state index in [1.165, 1.54) is 73.6 Å². The molecule has 1 heterocycles. The first-order valence-corrected chi connectivity index (χ1v) is 32.9. The summed E-state index contributed by atoms with van der Waals surface area (Å²) in [4.78, 5) is 142. The maximum Gasteiger partial charge on any atom is 0.246 e. The van der Waals surface area contributed by atoms with E-state index in [-0.39, 0.29) is 73.7 Å². The van der Waals surface area contributed by atoms with Crippen LogP contribution in [0.25, 0.3) is 0 Å². The van der Waals surface area contributed by atoms with E-state index in [0.29, 0.717) is 45.2 Å². The van der Waals surface area contributed by atoms with Gasteiger partial charge >= 0.3 is 0 Å². The van der Waals surface area contributed by atoms with E-state index in [0.717, 1.165) is 57.8 Å². The van der Waals surface area contributed by atoms with Crippen molar-refractivity contribution in [2.45, 2.75) is 304 Å². The van der Waals surface area contributed by atoms with Crippen LogP contribution in [0.1, 0.15) is 252 Å². The van der Waals surface area contributed by atoms with Gasteiger partial charge in [-0.25, -0.2) is 0 Å². The van der Waals surface area contributed by atoms with Crippen molar-refractivity contribution in [1.82, 2.24) is 57.7 Å². The fraction of sp³-hybridized carbons (Fsp3) is 0.846. The zero-order valence-corrected chi connectivity index (χ0v) is 56.6. The van der Waals surface area contributed by atoms with Crippen LogP contribution in [-0.2, 0) is 47.9 Å². The molecular weight excluding hydrogens is 1090 g/mol. The number of likely N-dealkylation sites (tertiary alicyclic amines) is 1.